The van der Waals surface area contributed by atoms with Gasteiger partial charge in [-0.05, 0) is 49.3 Å². The van der Waals surface area contributed by atoms with Gasteiger partial charge in [0.05, 0.1) is 0 Å². The molecule has 2 heteroatoms. The Balaban J connectivity index is 1.69. The molecular formula is C12H16N2. The van der Waals surface area contributed by atoms with Crippen molar-refractivity contribution in [2.24, 2.45) is 5.92 Å². The number of pyridine rings is 1. The third-order valence-corrected chi connectivity index (χ3v) is 3.70. The highest BCUT2D eigenvalue weighted by Crippen LogP contribution is 2.36. The molecule has 2 heterocycles. The van der Waals surface area contributed by atoms with Gasteiger partial charge in [-0.3, -0.25) is 4.98 Å². The number of hydrogen-bond donors (Lipinski definition) is 1. The van der Waals surface area contributed by atoms with Crippen LogP contribution in [0, 0.1) is 5.92 Å². The summed E-state index contributed by atoms with van der Waals surface area (Å²) in [4.78, 5) is 4.05. The van der Waals surface area contributed by atoms with Crippen molar-refractivity contribution in [3.05, 3.63) is 30.1 Å². The van der Waals surface area contributed by atoms with E-state index in [1.165, 1.54) is 31.2 Å². The zero-order valence-electron chi connectivity index (χ0n) is 8.32. The summed E-state index contributed by atoms with van der Waals surface area (Å²) in [7, 11) is 0. The summed E-state index contributed by atoms with van der Waals surface area (Å²) in [5.74, 6) is 0.938. The molecule has 2 nitrogen and oxygen atoms in total. The minimum atomic E-state index is 0.733. The number of nitrogens with zero attached hydrogens (tertiary/aromatic N) is 1. The Kier molecular flexibility index (Phi) is 2.02. The van der Waals surface area contributed by atoms with Crippen molar-refractivity contribution in [1.82, 2.24) is 10.3 Å². The second kappa shape index (κ2) is 3.35. The number of fused-ring (bicyclic) bond motifs is 2. The predicted octanol–water partition coefficient (Wildman–Crippen LogP) is 1.76. The van der Waals surface area contributed by atoms with Gasteiger partial charge >= 0.3 is 0 Å². The lowest BCUT2D eigenvalue weighted by Crippen LogP contribution is -2.36. The first-order valence-corrected chi connectivity index (χ1v) is 5.57. The number of aromatic nitrogens is 1. The van der Waals surface area contributed by atoms with Gasteiger partial charge in [0.2, 0.25) is 0 Å². The Hall–Kier alpha value is -0.890. The van der Waals surface area contributed by atoms with Gasteiger partial charge in [-0.2, -0.15) is 0 Å². The van der Waals surface area contributed by atoms with Crippen LogP contribution in [0.2, 0.25) is 0 Å². The maximum absolute atomic E-state index is 4.05. The maximum atomic E-state index is 4.05. The minimum absolute atomic E-state index is 0.733. The van der Waals surface area contributed by atoms with Crippen molar-refractivity contribution in [2.45, 2.75) is 37.8 Å². The molecule has 1 N–H and O–H groups in total. The molecule has 0 aromatic carbocycles. The molecule has 0 radical (unpaired) electrons. The molecule has 3 atom stereocenters. The lowest BCUT2D eigenvalue weighted by atomic mass is 9.94. The predicted molar refractivity (Wildman–Crippen MR) is 56.0 cm³/mol. The highest BCUT2D eigenvalue weighted by Gasteiger charge is 2.38. The van der Waals surface area contributed by atoms with Gasteiger partial charge in [0.1, 0.15) is 0 Å². The van der Waals surface area contributed by atoms with E-state index in [1.807, 2.05) is 12.4 Å². The quantitative estimate of drug-likeness (QED) is 0.765. The lowest BCUT2D eigenvalue weighted by Gasteiger charge is -2.22. The number of nitrogens with one attached hydrogen (secondary N) is 1. The first-order chi connectivity index (χ1) is 6.92. The fourth-order valence-electron chi connectivity index (χ4n) is 2.97. The molecule has 3 unspecified atom stereocenters. The Labute approximate surface area is 84.7 Å². The van der Waals surface area contributed by atoms with E-state index in [0.29, 0.717) is 0 Å². The van der Waals surface area contributed by atoms with Crippen LogP contribution in [0.1, 0.15) is 24.8 Å². The van der Waals surface area contributed by atoms with Crippen LogP contribution in [-0.4, -0.2) is 17.1 Å². The molecule has 3 rings (SSSR count). The van der Waals surface area contributed by atoms with Gasteiger partial charge in [0, 0.05) is 24.5 Å². The van der Waals surface area contributed by atoms with Crippen LogP contribution >= 0.6 is 0 Å². The molecule has 1 aromatic rings. The van der Waals surface area contributed by atoms with E-state index in [2.05, 4.69) is 22.4 Å². The Morgan fingerprint density at radius 1 is 1.29 bits per heavy atom. The molecule has 1 aliphatic heterocycles. The molecule has 0 amide bonds. The summed E-state index contributed by atoms with van der Waals surface area (Å²) in [6, 6.07) is 5.82. The molecule has 1 aromatic heterocycles. The van der Waals surface area contributed by atoms with Crippen molar-refractivity contribution in [3.8, 4) is 0 Å². The second-order valence-corrected chi connectivity index (χ2v) is 4.60. The zero-order chi connectivity index (χ0) is 9.38. The number of piperidine rings is 1. The normalized spacial score (nSPS) is 35.0. The molecule has 14 heavy (non-hydrogen) atoms. The highest BCUT2D eigenvalue weighted by atomic mass is 15.0. The topological polar surface area (TPSA) is 24.9 Å². The Morgan fingerprint density at radius 2 is 2.14 bits per heavy atom. The van der Waals surface area contributed by atoms with Crippen LogP contribution in [0.3, 0.4) is 0 Å². The fourth-order valence-corrected chi connectivity index (χ4v) is 2.97. The average Bonchev–Trinajstić information content (AvgIpc) is 2.81. The van der Waals surface area contributed by atoms with Crippen molar-refractivity contribution < 1.29 is 0 Å². The van der Waals surface area contributed by atoms with Gasteiger partial charge in [-0.1, -0.05) is 0 Å². The van der Waals surface area contributed by atoms with E-state index in [4.69, 9.17) is 0 Å². The van der Waals surface area contributed by atoms with Crippen LogP contribution in [0.4, 0.5) is 0 Å². The summed E-state index contributed by atoms with van der Waals surface area (Å²) in [5, 5.41) is 3.72. The molecule has 1 saturated carbocycles. The molecule has 2 fully saturated rings. The first kappa shape index (κ1) is 8.42. The van der Waals surface area contributed by atoms with E-state index < -0.39 is 0 Å². The van der Waals surface area contributed by atoms with Crippen LogP contribution in [-0.2, 0) is 6.42 Å². The Morgan fingerprint density at radius 3 is 2.79 bits per heavy atom. The lowest BCUT2D eigenvalue weighted by molar-refractivity contribution is 0.379. The molecule has 0 spiro atoms. The van der Waals surface area contributed by atoms with E-state index in [9.17, 15) is 0 Å². The number of hydrogen-bond acceptors (Lipinski definition) is 2. The fraction of sp³-hybridized carbons (Fsp3) is 0.583. The smallest absolute Gasteiger partial charge is 0.0270 e. The van der Waals surface area contributed by atoms with Crippen molar-refractivity contribution in [2.75, 3.05) is 0 Å². The van der Waals surface area contributed by atoms with Crippen LogP contribution in [0.15, 0.2) is 24.5 Å². The van der Waals surface area contributed by atoms with Crippen LogP contribution < -0.4 is 5.32 Å². The van der Waals surface area contributed by atoms with Gasteiger partial charge in [-0.25, -0.2) is 0 Å². The van der Waals surface area contributed by atoms with Crippen molar-refractivity contribution in [1.29, 1.82) is 0 Å². The highest BCUT2D eigenvalue weighted by molar-refractivity contribution is 5.13. The molecular weight excluding hydrogens is 172 g/mol. The molecule has 1 saturated heterocycles. The third kappa shape index (κ3) is 1.44. The van der Waals surface area contributed by atoms with E-state index in [0.717, 1.165) is 18.0 Å². The molecule has 2 aliphatic rings. The zero-order valence-corrected chi connectivity index (χ0v) is 8.32. The van der Waals surface area contributed by atoms with Crippen LogP contribution in [0.5, 0.6) is 0 Å². The summed E-state index contributed by atoms with van der Waals surface area (Å²) >= 11 is 0. The van der Waals surface area contributed by atoms with E-state index >= 15 is 0 Å². The SMILES string of the molecule is c1cc(CC2NC3CCC2C3)ccn1. The van der Waals surface area contributed by atoms with E-state index in [-0.39, 0.29) is 0 Å². The van der Waals surface area contributed by atoms with Gasteiger partial charge in [0.15, 0.2) is 0 Å². The summed E-state index contributed by atoms with van der Waals surface area (Å²) in [5.41, 5.74) is 1.42. The van der Waals surface area contributed by atoms with Gasteiger partial charge < -0.3 is 5.32 Å². The minimum Gasteiger partial charge on any atom is -0.311 e. The Bertz CT molecular complexity index is 309. The maximum Gasteiger partial charge on any atom is 0.0270 e. The van der Waals surface area contributed by atoms with Gasteiger partial charge in [-0.15, -0.1) is 0 Å². The second-order valence-electron chi connectivity index (χ2n) is 4.60. The monoisotopic (exact) mass is 188 g/mol. The van der Waals surface area contributed by atoms with Crippen LogP contribution in [0.25, 0.3) is 0 Å². The van der Waals surface area contributed by atoms with E-state index in [1.54, 1.807) is 0 Å². The summed E-state index contributed by atoms with van der Waals surface area (Å²) < 4.78 is 0. The number of rotatable bonds is 2. The third-order valence-electron chi connectivity index (χ3n) is 3.70. The summed E-state index contributed by atoms with van der Waals surface area (Å²) in [6.45, 7) is 0. The van der Waals surface area contributed by atoms with Crippen molar-refractivity contribution >= 4 is 0 Å². The molecule has 1 aliphatic carbocycles. The standard InChI is InChI=1S/C12H16N2/c1-2-11-8-10(1)12(14-11)7-9-3-5-13-6-4-9/h3-6,10-12,14H,1-2,7-8H2. The molecule has 2 bridgehead atoms. The average molecular weight is 188 g/mol. The largest absolute Gasteiger partial charge is 0.311 e. The van der Waals surface area contributed by atoms with Crippen molar-refractivity contribution in [3.63, 3.8) is 0 Å². The van der Waals surface area contributed by atoms with Gasteiger partial charge in [0.25, 0.3) is 0 Å². The first-order valence-electron chi connectivity index (χ1n) is 5.57. The summed E-state index contributed by atoms with van der Waals surface area (Å²) in [6.07, 6.45) is 9.22. The molecule has 74 valence electrons.